The van der Waals surface area contributed by atoms with Gasteiger partial charge in [0.15, 0.2) is 0 Å². The van der Waals surface area contributed by atoms with Crippen molar-refractivity contribution < 1.29 is 22.4 Å². The van der Waals surface area contributed by atoms with Crippen molar-refractivity contribution in [3.05, 3.63) is 83.3 Å². The first-order chi connectivity index (χ1) is 15.6. The van der Waals surface area contributed by atoms with Gasteiger partial charge in [0.1, 0.15) is 12.3 Å². The number of carbonyl (C=O) groups is 2. The number of amides is 2. The van der Waals surface area contributed by atoms with Crippen molar-refractivity contribution in [3.63, 3.8) is 0 Å². The van der Waals surface area contributed by atoms with Crippen LogP contribution in [-0.2, 0) is 21.4 Å². The Morgan fingerprint density at radius 3 is 2.30 bits per heavy atom. The van der Waals surface area contributed by atoms with Crippen LogP contribution in [0.4, 0.5) is 5.69 Å². The quantitative estimate of drug-likeness (QED) is 0.545. The highest BCUT2D eigenvalue weighted by Crippen LogP contribution is 2.24. The maximum absolute atomic E-state index is 13.5. The SMILES string of the molecule is Cc1cc(C(=O)N(CC(=O)Nc2ccccc2)Cc2ccco2)cc(S(=O)(=O)N(C)C)c1C. The van der Waals surface area contributed by atoms with Gasteiger partial charge in [-0.1, -0.05) is 18.2 Å². The monoisotopic (exact) mass is 469 g/mol. The fourth-order valence-corrected chi connectivity index (χ4v) is 4.50. The molecular weight excluding hydrogens is 442 g/mol. The van der Waals surface area contributed by atoms with Crippen LogP contribution in [-0.4, -0.2) is 50.1 Å². The fraction of sp³-hybridized carbons (Fsp3) is 0.250. The average Bonchev–Trinajstić information content (AvgIpc) is 3.28. The topological polar surface area (TPSA) is 99.9 Å². The molecule has 8 nitrogen and oxygen atoms in total. The van der Waals surface area contributed by atoms with Gasteiger partial charge in [0.2, 0.25) is 15.9 Å². The molecule has 0 aliphatic heterocycles. The molecule has 2 amide bonds. The number of carbonyl (C=O) groups excluding carboxylic acids is 2. The van der Waals surface area contributed by atoms with Gasteiger partial charge in [-0.25, -0.2) is 12.7 Å². The molecule has 9 heteroatoms. The second kappa shape index (κ2) is 10.0. The molecule has 0 aliphatic rings. The molecule has 0 saturated heterocycles. The van der Waals surface area contributed by atoms with Gasteiger partial charge in [0.25, 0.3) is 5.91 Å². The number of aryl methyl sites for hydroxylation is 1. The Labute approximate surface area is 193 Å². The number of para-hydroxylation sites is 1. The lowest BCUT2D eigenvalue weighted by Crippen LogP contribution is -2.37. The van der Waals surface area contributed by atoms with Crippen LogP contribution >= 0.6 is 0 Å². The molecule has 3 rings (SSSR count). The van der Waals surface area contributed by atoms with Crippen LogP contribution in [0, 0.1) is 13.8 Å². The molecule has 0 aliphatic carbocycles. The van der Waals surface area contributed by atoms with E-state index in [1.807, 2.05) is 6.07 Å². The predicted octanol–water partition coefficient (Wildman–Crippen LogP) is 3.43. The lowest BCUT2D eigenvalue weighted by atomic mass is 10.1. The zero-order valence-electron chi connectivity index (χ0n) is 19.0. The molecule has 2 aromatic carbocycles. The molecule has 1 N–H and O–H groups in total. The minimum Gasteiger partial charge on any atom is -0.467 e. The summed E-state index contributed by atoms with van der Waals surface area (Å²) in [7, 11) is -0.880. The Hall–Kier alpha value is -3.43. The summed E-state index contributed by atoms with van der Waals surface area (Å²) in [6.07, 6.45) is 1.49. The maximum Gasteiger partial charge on any atom is 0.254 e. The van der Waals surface area contributed by atoms with Crippen LogP contribution in [0.25, 0.3) is 0 Å². The van der Waals surface area contributed by atoms with E-state index in [0.717, 1.165) is 4.31 Å². The molecule has 0 spiro atoms. The van der Waals surface area contributed by atoms with Crippen LogP contribution < -0.4 is 5.32 Å². The predicted molar refractivity (Wildman–Crippen MR) is 125 cm³/mol. The molecule has 1 heterocycles. The highest BCUT2D eigenvalue weighted by Gasteiger charge is 2.26. The molecule has 0 bridgehead atoms. The van der Waals surface area contributed by atoms with E-state index < -0.39 is 15.9 Å². The van der Waals surface area contributed by atoms with Gasteiger partial charge in [-0.2, -0.15) is 0 Å². The second-order valence-corrected chi connectivity index (χ2v) is 9.98. The van der Waals surface area contributed by atoms with E-state index in [0.29, 0.717) is 22.6 Å². The van der Waals surface area contributed by atoms with Crippen LogP contribution in [0.15, 0.2) is 70.2 Å². The number of nitrogens with one attached hydrogen (secondary N) is 1. The Bertz CT molecular complexity index is 1240. The average molecular weight is 470 g/mol. The van der Waals surface area contributed by atoms with E-state index in [-0.39, 0.29) is 29.5 Å². The van der Waals surface area contributed by atoms with Crippen LogP contribution in [0.1, 0.15) is 27.2 Å². The van der Waals surface area contributed by atoms with Crippen LogP contribution in [0.2, 0.25) is 0 Å². The van der Waals surface area contributed by atoms with E-state index in [1.54, 1.807) is 56.3 Å². The molecule has 3 aromatic rings. The Morgan fingerprint density at radius 2 is 1.70 bits per heavy atom. The van der Waals surface area contributed by atoms with E-state index >= 15 is 0 Å². The van der Waals surface area contributed by atoms with Crippen molar-refractivity contribution in [2.24, 2.45) is 0 Å². The highest BCUT2D eigenvalue weighted by molar-refractivity contribution is 7.89. The van der Waals surface area contributed by atoms with E-state index in [9.17, 15) is 18.0 Å². The van der Waals surface area contributed by atoms with Gasteiger partial charge >= 0.3 is 0 Å². The van der Waals surface area contributed by atoms with Crippen LogP contribution in [0.3, 0.4) is 0 Å². The number of nitrogens with zero attached hydrogens (tertiary/aromatic N) is 2. The van der Waals surface area contributed by atoms with Crippen LogP contribution in [0.5, 0.6) is 0 Å². The summed E-state index contributed by atoms with van der Waals surface area (Å²) in [5, 5.41) is 2.76. The first kappa shape index (κ1) is 24.2. The molecular formula is C24H27N3O5S. The summed E-state index contributed by atoms with van der Waals surface area (Å²) < 4.78 is 32.1. The standard InChI is InChI=1S/C24H27N3O5S/c1-17-13-19(14-22(18(17)2)33(30,31)26(3)4)24(29)27(15-21-11-8-12-32-21)16-23(28)25-20-9-6-5-7-10-20/h5-14H,15-16H2,1-4H3,(H,25,28). The van der Waals surface area contributed by atoms with Gasteiger partial charge in [-0.05, 0) is 61.4 Å². The van der Waals surface area contributed by atoms with Crippen molar-refractivity contribution in [3.8, 4) is 0 Å². The zero-order valence-corrected chi connectivity index (χ0v) is 19.8. The molecule has 0 radical (unpaired) electrons. The fourth-order valence-electron chi connectivity index (χ4n) is 3.28. The van der Waals surface area contributed by atoms with Gasteiger partial charge in [-0.15, -0.1) is 0 Å². The molecule has 0 unspecified atom stereocenters. The van der Waals surface area contributed by atoms with E-state index in [2.05, 4.69) is 5.32 Å². The third-order valence-electron chi connectivity index (χ3n) is 5.23. The summed E-state index contributed by atoms with van der Waals surface area (Å²) in [5.74, 6) is -0.361. The highest BCUT2D eigenvalue weighted by atomic mass is 32.2. The molecule has 33 heavy (non-hydrogen) atoms. The number of hydrogen-bond donors (Lipinski definition) is 1. The lowest BCUT2D eigenvalue weighted by molar-refractivity contribution is -0.117. The zero-order chi connectivity index (χ0) is 24.2. The summed E-state index contributed by atoms with van der Waals surface area (Å²) >= 11 is 0. The Morgan fingerprint density at radius 1 is 1.00 bits per heavy atom. The lowest BCUT2D eigenvalue weighted by Gasteiger charge is -2.23. The molecule has 0 fully saturated rings. The normalized spacial score (nSPS) is 11.4. The summed E-state index contributed by atoms with van der Waals surface area (Å²) in [6.45, 7) is 3.27. The van der Waals surface area contributed by atoms with Crippen molar-refractivity contribution in [1.29, 1.82) is 0 Å². The van der Waals surface area contributed by atoms with Gasteiger partial charge in [0.05, 0.1) is 17.7 Å². The number of hydrogen-bond acceptors (Lipinski definition) is 5. The smallest absolute Gasteiger partial charge is 0.254 e. The number of benzene rings is 2. The minimum absolute atomic E-state index is 0.0523. The van der Waals surface area contributed by atoms with Crippen molar-refractivity contribution >= 4 is 27.5 Å². The minimum atomic E-state index is -3.76. The third-order valence-corrected chi connectivity index (χ3v) is 7.17. The first-order valence-corrected chi connectivity index (χ1v) is 11.7. The van der Waals surface area contributed by atoms with Gasteiger partial charge < -0.3 is 14.6 Å². The summed E-state index contributed by atoms with van der Waals surface area (Å²) in [5.41, 5.74) is 2.02. The Kier molecular flexibility index (Phi) is 7.35. The molecule has 0 atom stereocenters. The molecule has 1 aromatic heterocycles. The van der Waals surface area contributed by atoms with Gasteiger partial charge in [-0.3, -0.25) is 9.59 Å². The molecule has 174 valence electrons. The second-order valence-electron chi connectivity index (χ2n) is 7.86. The van der Waals surface area contributed by atoms with E-state index in [1.165, 1.54) is 31.3 Å². The first-order valence-electron chi connectivity index (χ1n) is 10.3. The number of anilines is 1. The van der Waals surface area contributed by atoms with Crippen molar-refractivity contribution in [1.82, 2.24) is 9.21 Å². The van der Waals surface area contributed by atoms with E-state index in [4.69, 9.17) is 4.42 Å². The number of rotatable bonds is 8. The van der Waals surface area contributed by atoms with Gasteiger partial charge in [0, 0.05) is 25.3 Å². The van der Waals surface area contributed by atoms with Crippen molar-refractivity contribution in [2.45, 2.75) is 25.3 Å². The largest absolute Gasteiger partial charge is 0.467 e. The van der Waals surface area contributed by atoms with Crippen molar-refractivity contribution in [2.75, 3.05) is 26.0 Å². The Balaban J connectivity index is 1.94. The summed E-state index contributed by atoms with van der Waals surface area (Å²) in [4.78, 5) is 27.5. The third kappa shape index (κ3) is 5.68. The number of furan rings is 1. The molecule has 0 saturated carbocycles. The summed E-state index contributed by atoms with van der Waals surface area (Å²) in [6, 6.07) is 15.3. The maximum atomic E-state index is 13.5. The number of sulfonamides is 1.